The first-order valence-corrected chi connectivity index (χ1v) is 6.09. The molecule has 0 spiro atoms. The lowest BCUT2D eigenvalue weighted by Crippen LogP contribution is -2.44. The molecule has 1 aliphatic heterocycles. The number of hydrogen-bond donors (Lipinski definition) is 1. The molecule has 0 radical (unpaired) electrons. The number of aromatic nitrogens is 1. The molecular formula is C13H17N3O2. The van der Waals surface area contributed by atoms with Crippen LogP contribution in [0.2, 0.25) is 0 Å². The Balaban J connectivity index is 2.09. The van der Waals surface area contributed by atoms with Gasteiger partial charge in [-0.2, -0.15) is 0 Å². The number of likely N-dealkylation sites (tertiary alicyclic amines) is 1. The maximum Gasteiger partial charge on any atom is 0.255 e. The second-order valence-corrected chi connectivity index (χ2v) is 4.68. The first kappa shape index (κ1) is 12.5. The topological polar surface area (TPSA) is 76.3 Å². The van der Waals surface area contributed by atoms with E-state index in [1.54, 1.807) is 17.2 Å². The van der Waals surface area contributed by atoms with Gasteiger partial charge in [-0.3, -0.25) is 14.6 Å². The van der Waals surface area contributed by atoms with Crippen molar-refractivity contribution in [1.82, 2.24) is 9.88 Å². The molecule has 0 aliphatic carbocycles. The number of amides is 2. The van der Waals surface area contributed by atoms with E-state index in [0.717, 1.165) is 18.5 Å². The van der Waals surface area contributed by atoms with Gasteiger partial charge in [-0.05, 0) is 31.9 Å². The van der Waals surface area contributed by atoms with Gasteiger partial charge in [-0.25, -0.2) is 0 Å². The van der Waals surface area contributed by atoms with E-state index in [-0.39, 0.29) is 17.7 Å². The standard InChI is InChI=1S/C13H17N3O2/c1-9-4-5-10(7-15-9)13(18)16-6-2-3-11(8-16)12(14)17/h4-5,7,11H,2-3,6,8H2,1H3,(H2,14,17)/t11-/m0/s1. The number of aryl methyl sites for hydroxylation is 1. The summed E-state index contributed by atoms with van der Waals surface area (Å²) in [6.45, 7) is 2.97. The first-order chi connectivity index (χ1) is 8.58. The normalized spacial score (nSPS) is 19.6. The van der Waals surface area contributed by atoms with Crippen LogP contribution in [0, 0.1) is 12.8 Å². The van der Waals surface area contributed by atoms with Gasteiger partial charge >= 0.3 is 0 Å². The number of carbonyl (C=O) groups is 2. The molecule has 0 bridgehead atoms. The van der Waals surface area contributed by atoms with Crippen LogP contribution < -0.4 is 5.73 Å². The third kappa shape index (κ3) is 2.67. The van der Waals surface area contributed by atoms with Gasteiger partial charge in [0.1, 0.15) is 0 Å². The van der Waals surface area contributed by atoms with Crippen LogP contribution in [0.1, 0.15) is 28.9 Å². The van der Waals surface area contributed by atoms with E-state index < -0.39 is 0 Å². The zero-order valence-electron chi connectivity index (χ0n) is 10.4. The second-order valence-electron chi connectivity index (χ2n) is 4.68. The molecule has 5 heteroatoms. The number of hydrogen-bond acceptors (Lipinski definition) is 3. The molecule has 5 nitrogen and oxygen atoms in total. The lowest BCUT2D eigenvalue weighted by molar-refractivity contribution is -0.123. The van der Waals surface area contributed by atoms with Gasteiger partial charge in [0.2, 0.25) is 5.91 Å². The summed E-state index contributed by atoms with van der Waals surface area (Å²) in [4.78, 5) is 29.2. The van der Waals surface area contributed by atoms with Crippen molar-refractivity contribution < 1.29 is 9.59 Å². The Kier molecular flexibility index (Phi) is 3.60. The highest BCUT2D eigenvalue weighted by Crippen LogP contribution is 2.18. The van der Waals surface area contributed by atoms with Crippen molar-refractivity contribution in [1.29, 1.82) is 0 Å². The molecule has 0 saturated carbocycles. The molecule has 2 rings (SSSR count). The average Bonchev–Trinajstić information content (AvgIpc) is 2.39. The summed E-state index contributed by atoms with van der Waals surface area (Å²) >= 11 is 0. The molecule has 1 aromatic rings. The fourth-order valence-corrected chi connectivity index (χ4v) is 2.17. The van der Waals surface area contributed by atoms with E-state index in [4.69, 9.17) is 5.73 Å². The monoisotopic (exact) mass is 247 g/mol. The number of nitrogens with two attached hydrogens (primary N) is 1. The fourth-order valence-electron chi connectivity index (χ4n) is 2.17. The van der Waals surface area contributed by atoms with Crippen LogP contribution in [0.25, 0.3) is 0 Å². The number of rotatable bonds is 2. The molecule has 1 aliphatic rings. The predicted molar refractivity (Wildman–Crippen MR) is 66.8 cm³/mol. The summed E-state index contributed by atoms with van der Waals surface area (Å²) < 4.78 is 0. The van der Waals surface area contributed by atoms with E-state index in [1.807, 2.05) is 13.0 Å². The van der Waals surface area contributed by atoms with Crippen molar-refractivity contribution in [2.24, 2.45) is 11.7 Å². The Labute approximate surface area is 106 Å². The van der Waals surface area contributed by atoms with Crippen molar-refractivity contribution in [3.05, 3.63) is 29.6 Å². The van der Waals surface area contributed by atoms with Crippen LogP contribution in [-0.4, -0.2) is 34.8 Å². The molecule has 1 saturated heterocycles. The van der Waals surface area contributed by atoms with Crippen molar-refractivity contribution in [3.63, 3.8) is 0 Å². The highest BCUT2D eigenvalue weighted by molar-refractivity contribution is 5.94. The van der Waals surface area contributed by atoms with E-state index in [9.17, 15) is 9.59 Å². The predicted octanol–water partition coefficient (Wildman–Crippen LogP) is 0.728. The van der Waals surface area contributed by atoms with Crippen molar-refractivity contribution in [2.45, 2.75) is 19.8 Å². The van der Waals surface area contributed by atoms with Crippen LogP contribution in [0.5, 0.6) is 0 Å². The summed E-state index contributed by atoms with van der Waals surface area (Å²) in [6.07, 6.45) is 3.16. The van der Waals surface area contributed by atoms with Crippen LogP contribution >= 0.6 is 0 Å². The average molecular weight is 247 g/mol. The van der Waals surface area contributed by atoms with E-state index in [0.29, 0.717) is 18.7 Å². The highest BCUT2D eigenvalue weighted by atomic mass is 16.2. The Hall–Kier alpha value is -1.91. The van der Waals surface area contributed by atoms with Gasteiger partial charge in [0.25, 0.3) is 5.91 Å². The van der Waals surface area contributed by atoms with Crippen molar-refractivity contribution in [2.75, 3.05) is 13.1 Å². The summed E-state index contributed by atoms with van der Waals surface area (Å²) in [6, 6.07) is 3.57. The maximum absolute atomic E-state index is 12.2. The van der Waals surface area contributed by atoms with Gasteiger partial charge in [-0.15, -0.1) is 0 Å². The summed E-state index contributed by atoms with van der Waals surface area (Å²) in [7, 11) is 0. The highest BCUT2D eigenvalue weighted by Gasteiger charge is 2.27. The van der Waals surface area contributed by atoms with E-state index in [1.165, 1.54) is 0 Å². The number of primary amides is 1. The van der Waals surface area contributed by atoms with Crippen LogP contribution in [0.15, 0.2) is 18.3 Å². The Bertz CT molecular complexity index is 456. The molecule has 1 fully saturated rings. The van der Waals surface area contributed by atoms with Gasteiger partial charge in [0, 0.05) is 25.0 Å². The van der Waals surface area contributed by atoms with Gasteiger partial charge in [0.05, 0.1) is 11.5 Å². The van der Waals surface area contributed by atoms with Crippen LogP contribution in [0.4, 0.5) is 0 Å². The minimum Gasteiger partial charge on any atom is -0.369 e. The van der Waals surface area contributed by atoms with E-state index >= 15 is 0 Å². The molecule has 1 atom stereocenters. The molecule has 0 aromatic carbocycles. The minimum atomic E-state index is -0.325. The third-order valence-electron chi connectivity index (χ3n) is 3.27. The summed E-state index contributed by atoms with van der Waals surface area (Å²) in [5, 5.41) is 0. The molecule has 0 unspecified atom stereocenters. The molecule has 2 N–H and O–H groups in total. The van der Waals surface area contributed by atoms with Gasteiger partial charge in [-0.1, -0.05) is 0 Å². The largest absolute Gasteiger partial charge is 0.369 e. The van der Waals surface area contributed by atoms with Gasteiger partial charge < -0.3 is 10.6 Å². The second kappa shape index (κ2) is 5.16. The zero-order chi connectivity index (χ0) is 13.1. The van der Waals surface area contributed by atoms with Crippen LogP contribution in [-0.2, 0) is 4.79 Å². The molecule has 18 heavy (non-hydrogen) atoms. The number of nitrogens with zero attached hydrogens (tertiary/aromatic N) is 2. The molecule has 96 valence electrons. The first-order valence-electron chi connectivity index (χ1n) is 6.09. The quantitative estimate of drug-likeness (QED) is 0.837. The Morgan fingerprint density at radius 1 is 1.44 bits per heavy atom. The van der Waals surface area contributed by atoms with Crippen LogP contribution in [0.3, 0.4) is 0 Å². The number of piperidine rings is 1. The fraction of sp³-hybridized carbons (Fsp3) is 0.462. The van der Waals surface area contributed by atoms with Crippen molar-refractivity contribution in [3.8, 4) is 0 Å². The molecule has 2 amide bonds. The molecule has 1 aromatic heterocycles. The lowest BCUT2D eigenvalue weighted by atomic mass is 9.97. The lowest BCUT2D eigenvalue weighted by Gasteiger charge is -2.31. The molecule has 2 heterocycles. The van der Waals surface area contributed by atoms with Gasteiger partial charge in [0.15, 0.2) is 0 Å². The summed E-state index contributed by atoms with van der Waals surface area (Å²) in [5.41, 5.74) is 6.73. The Morgan fingerprint density at radius 2 is 2.22 bits per heavy atom. The van der Waals surface area contributed by atoms with Crippen molar-refractivity contribution >= 4 is 11.8 Å². The zero-order valence-corrected chi connectivity index (χ0v) is 10.4. The summed E-state index contributed by atoms with van der Waals surface area (Å²) in [5.74, 6) is -0.621. The third-order valence-corrected chi connectivity index (χ3v) is 3.27. The number of pyridine rings is 1. The van der Waals surface area contributed by atoms with E-state index in [2.05, 4.69) is 4.98 Å². The smallest absolute Gasteiger partial charge is 0.255 e. The minimum absolute atomic E-state index is 0.0755. The SMILES string of the molecule is Cc1ccc(C(=O)N2CCC[C@H](C(N)=O)C2)cn1. The Morgan fingerprint density at radius 3 is 2.83 bits per heavy atom. The maximum atomic E-state index is 12.2. The molecular weight excluding hydrogens is 230 g/mol. The number of carbonyl (C=O) groups excluding carboxylic acids is 2.